The third-order valence-electron chi connectivity index (χ3n) is 4.06. The molecule has 0 amide bonds. The first-order chi connectivity index (χ1) is 11.9. The Balaban J connectivity index is 2.61. The summed E-state index contributed by atoms with van der Waals surface area (Å²) in [6.07, 6.45) is 6.24. The fourth-order valence-electron chi connectivity index (χ4n) is 2.89. The zero-order chi connectivity index (χ0) is 18.4. The molecule has 0 aliphatic heterocycles. The SMILES string of the molecule is C#CC[C@](C#N)(CC(=C)C)c1ccccc1S(=O)c1ccc(C)cc1. The second kappa shape index (κ2) is 7.97. The quantitative estimate of drug-likeness (QED) is 0.550. The van der Waals surface area contributed by atoms with Gasteiger partial charge in [-0.3, -0.25) is 0 Å². The Kier molecular flexibility index (Phi) is 5.97. The summed E-state index contributed by atoms with van der Waals surface area (Å²) in [6, 6.07) is 17.3. The second-order valence-corrected chi connectivity index (χ2v) is 7.74. The number of benzene rings is 2. The largest absolute Gasteiger partial charge is 0.249 e. The highest BCUT2D eigenvalue weighted by atomic mass is 32.2. The van der Waals surface area contributed by atoms with E-state index in [0.717, 1.165) is 16.7 Å². The summed E-state index contributed by atoms with van der Waals surface area (Å²) >= 11 is 0. The van der Waals surface area contributed by atoms with Gasteiger partial charge in [0.1, 0.15) is 0 Å². The number of hydrogen-bond acceptors (Lipinski definition) is 2. The minimum absolute atomic E-state index is 0.248. The monoisotopic (exact) mass is 347 g/mol. The normalized spacial score (nSPS) is 13.9. The first-order valence-corrected chi connectivity index (χ1v) is 9.15. The van der Waals surface area contributed by atoms with Crippen LogP contribution in [0.5, 0.6) is 0 Å². The molecule has 3 heteroatoms. The van der Waals surface area contributed by atoms with Crippen molar-refractivity contribution < 1.29 is 4.21 Å². The zero-order valence-corrected chi connectivity index (χ0v) is 15.4. The molecule has 0 spiro atoms. The van der Waals surface area contributed by atoms with E-state index in [2.05, 4.69) is 18.6 Å². The Hall–Kier alpha value is -2.62. The zero-order valence-electron chi connectivity index (χ0n) is 14.6. The molecule has 126 valence electrons. The molecule has 2 aromatic carbocycles. The molecule has 0 radical (unpaired) electrons. The van der Waals surface area contributed by atoms with E-state index in [1.54, 1.807) is 0 Å². The van der Waals surface area contributed by atoms with Crippen molar-refractivity contribution in [3.05, 3.63) is 71.8 Å². The van der Waals surface area contributed by atoms with Crippen molar-refractivity contribution >= 4 is 10.8 Å². The van der Waals surface area contributed by atoms with Crippen molar-refractivity contribution in [2.45, 2.75) is 41.9 Å². The Labute approximate surface area is 152 Å². The smallest absolute Gasteiger partial charge is 0.0979 e. The molecule has 0 aliphatic carbocycles. The van der Waals surface area contributed by atoms with Crippen LogP contribution in [0.25, 0.3) is 0 Å². The summed E-state index contributed by atoms with van der Waals surface area (Å²) in [5.74, 6) is 2.61. The van der Waals surface area contributed by atoms with Crippen LogP contribution < -0.4 is 0 Å². The lowest BCUT2D eigenvalue weighted by atomic mass is 9.74. The molecule has 0 N–H and O–H groups in total. The van der Waals surface area contributed by atoms with Gasteiger partial charge in [0, 0.05) is 16.2 Å². The Morgan fingerprint density at radius 1 is 1.24 bits per heavy atom. The molecule has 0 heterocycles. The van der Waals surface area contributed by atoms with Crippen LogP contribution >= 0.6 is 0 Å². The van der Waals surface area contributed by atoms with Crippen LogP contribution in [-0.2, 0) is 16.2 Å². The Morgan fingerprint density at radius 3 is 2.44 bits per heavy atom. The number of nitrogens with zero attached hydrogens (tertiary/aromatic N) is 1. The van der Waals surface area contributed by atoms with Gasteiger partial charge >= 0.3 is 0 Å². The van der Waals surface area contributed by atoms with Crippen molar-refractivity contribution in [2.75, 3.05) is 0 Å². The number of allylic oxidation sites excluding steroid dienone is 1. The molecule has 0 saturated carbocycles. The van der Waals surface area contributed by atoms with Gasteiger partial charge in [0.2, 0.25) is 0 Å². The third kappa shape index (κ3) is 4.08. The van der Waals surface area contributed by atoms with Crippen LogP contribution in [0.1, 0.15) is 30.9 Å². The molecule has 0 fully saturated rings. The number of aryl methyl sites for hydroxylation is 1. The molecule has 0 aliphatic rings. The van der Waals surface area contributed by atoms with Crippen LogP contribution in [0.2, 0.25) is 0 Å². The molecule has 2 atom stereocenters. The molecule has 2 rings (SSSR count). The predicted octanol–water partition coefficient (Wildman–Crippen LogP) is 4.91. The van der Waals surface area contributed by atoms with E-state index in [1.165, 1.54) is 0 Å². The Bertz CT molecular complexity index is 883. The number of rotatable bonds is 6. The second-order valence-electron chi connectivity index (χ2n) is 6.29. The molecule has 0 aromatic heterocycles. The van der Waals surface area contributed by atoms with Crippen LogP contribution in [0.15, 0.2) is 70.5 Å². The fourth-order valence-corrected chi connectivity index (χ4v) is 4.20. The van der Waals surface area contributed by atoms with Crippen molar-refractivity contribution in [2.24, 2.45) is 0 Å². The highest BCUT2D eigenvalue weighted by Crippen LogP contribution is 2.38. The summed E-state index contributed by atoms with van der Waals surface area (Å²) in [4.78, 5) is 1.34. The molecule has 0 bridgehead atoms. The maximum absolute atomic E-state index is 13.2. The molecule has 25 heavy (non-hydrogen) atoms. The highest BCUT2D eigenvalue weighted by Gasteiger charge is 2.35. The summed E-state index contributed by atoms with van der Waals surface area (Å²) in [7, 11) is -1.38. The molecular formula is C22H21NOS. The third-order valence-corrected chi connectivity index (χ3v) is 5.51. The average molecular weight is 347 g/mol. The van der Waals surface area contributed by atoms with Gasteiger partial charge in [0.25, 0.3) is 0 Å². The molecule has 1 unspecified atom stereocenters. The number of terminal acetylenes is 1. The number of hydrogen-bond donors (Lipinski definition) is 0. The van der Waals surface area contributed by atoms with E-state index in [4.69, 9.17) is 6.42 Å². The maximum Gasteiger partial charge on any atom is 0.0979 e. The summed E-state index contributed by atoms with van der Waals surface area (Å²) in [5, 5.41) is 9.94. The lowest BCUT2D eigenvalue weighted by Crippen LogP contribution is -2.26. The van der Waals surface area contributed by atoms with Gasteiger partial charge in [-0.1, -0.05) is 41.5 Å². The highest BCUT2D eigenvalue weighted by molar-refractivity contribution is 7.85. The molecule has 0 saturated heterocycles. The van der Waals surface area contributed by atoms with Crippen molar-refractivity contribution in [3.63, 3.8) is 0 Å². The van der Waals surface area contributed by atoms with Gasteiger partial charge in [0.05, 0.1) is 22.3 Å². The predicted molar refractivity (Wildman–Crippen MR) is 102 cm³/mol. The lowest BCUT2D eigenvalue weighted by molar-refractivity contribution is 0.547. The van der Waals surface area contributed by atoms with Crippen LogP contribution in [-0.4, -0.2) is 4.21 Å². The summed E-state index contributed by atoms with van der Waals surface area (Å²) in [6.45, 7) is 7.81. The van der Waals surface area contributed by atoms with Gasteiger partial charge < -0.3 is 0 Å². The minimum atomic E-state index is -1.38. The van der Waals surface area contributed by atoms with Crippen molar-refractivity contribution in [3.8, 4) is 18.4 Å². The van der Waals surface area contributed by atoms with Crippen LogP contribution in [0.3, 0.4) is 0 Å². The van der Waals surface area contributed by atoms with Crippen LogP contribution in [0.4, 0.5) is 0 Å². The first-order valence-electron chi connectivity index (χ1n) is 8.00. The van der Waals surface area contributed by atoms with Crippen molar-refractivity contribution in [1.29, 1.82) is 5.26 Å². The fraction of sp³-hybridized carbons (Fsp3) is 0.227. The summed E-state index contributed by atoms with van der Waals surface area (Å²) < 4.78 is 13.2. The Morgan fingerprint density at radius 2 is 1.88 bits per heavy atom. The van der Waals surface area contributed by atoms with Crippen LogP contribution in [0, 0.1) is 30.6 Å². The van der Waals surface area contributed by atoms with E-state index < -0.39 is 16.2 Å². The van der Waals surface area contributed by atoms with Gasteiger partial charge in [-0.2, -0.15) is 5.26 Å². The first kappa shape index (κ1) is 18.7. The topological polar surface area (TPSA) is 40.9 Å². The van der Waals surface area contributed by atoms with E-state index in [1.807, 2.05) is 62.4 Å². The minimum Gasteiger partial charge on any atom is -0.249 e. The summed E-state index contributed by atoms with van der Waals surface area (Å²) in [5.41, 5.74) is 1.78. The van der Waals surface area contributed by atoms with Gasteiger partial charge in [-0.05, 0) is 44.0 Å². The van der Waals surface area contributed by atoms with Gasteiger partial charge in [-0.25, -0.2) is 4.21 Å². The maximum atomic E-state index is 13.2. The van der Waals surface area contributed by atoms with Gasteiger partial charge in [0.15, 0.2) is 0 Å². The standard InChI is InChI=1S/C22H21NOS/c1-5-14-22(16-23,15-17(2)3)20-8-6-7-9-21(20)25(24)19-12-10-18(4)11-13-19/h1,6-13H,2,14-15H2,3-4H3/t22-,25?/m1/s1. The van der Waals surface area contributed by atoms with E-state index in [9.17, 15) is 9.47 Å². The number of nitriles is 1. The van der Waals surface area contributed by atoms with E-state index in [-0.39, 0.29) is 6.42 Å². The van der Waals surface area contributed by atoms with E-state index in [0.29, 0.717) is 16.2 Å². The lowest BCUT2D eigenvalue weighted by Gasteiger charge is -2.27. The molecular weight excluding hydrogens is 326 g/mol. The van der Waals surface area contributed by atoms with Gasteiger partial charge in [-0.15, -0.1) is 18.9 Å². The molecule has 2 aromatic rings. The van der Waals surface area contributed by atoms with E-state index >= 15 is 0 Å². The van der Waals surface area contributed by atoms with Crippen molar-refractivity contribution in [1.82, 2.24) is 0 Å². The molecule has 2 nitrogen and oxygen atoms in total. The average Bonchev–Trinajstić information content (AvgIpc) is 2.61.